The predicted molar refractivity (Wildman–Crippen MR) is 77.9 cm³/mol. The molecule has 2 unspecified atom stereocenters. The maximum Gasteiger partial charge on any atom is 0.195 e. The molecule has 4 nitrogen and oxygen atoms in total. The molecular formula is C12H16BrN3OS. The summed E-state index contributed by atoms with van der Waals surface area (Å²) in [5.41, 5.74) is 1.23. The summed E-state index contributed by atoms with van der Waals surface area (Å²) in [7, 11) is 0. The molecule has 0 bridgehead atoms. The normalized spacial score (nSPS) is 24.9. The lowest BCUT2D eigenvalue weighted by molar-refractivity contribution is -0.00546. The number of thiazole rings is 1. The number of morpholine rings is 1. The molecule has 0 aliphatic carbocycles. The lowest BCUT2D eigenvalue weighted by atomic mass is 10.2. The number of rotatable bonds is 2. The molecule has 0 radical (unpaired) electrons. The Morgan fingerprint density at radius 2 is 2.17 bits per heavy atom. The number of hydrogen-bond acceptors (Lipinski definition) is 4. The first-order chi connectivity index (χ1) is 8.69. The summed E-state index contributed by atoms with van der Waals surface area (Å²) < 4.78 is 7.95. The minimum Gasteiger partial charge on any atom is -0.372 e. The zero-order valence-corrected chi connectivity index (χ0v) is 12.9. The van der Waals surface area contributed by atoms with Crippen molar-refractivity contribution in [2.24, 2.45) is 0 Å². The van der Waals surface area contributed by atoms with E-state index in [-0.39, 0.29) is 12.2 Å². The topological polar surface area (TPSA) is 29.8 Å². The van der Waals surface area contributed by atoms with Crippen molar-refractivity contribution in [3.8, 4) is 0 Å². The van der Waals surface area contributed by atoms with E-state index >= 15 is 0 Å². The number of halogens is 1. The van der Waals surface area contributed by atoms with Crippen LogP contribution >= 0.6 is 27.3 Å². The van der Waals surface area contributed by atoms with Gasteiger partial charge in [-0.2, -0.15) is 0 Å². The van der Waals surface area contributed by atoms with E-state index in [0.29, 0.717) is 0 Å². The average molecular weight is 330 g/mol. The van der Waals surface area contributed by atoms with Gasteiger partial charge in [0.15, 0.2) is 10.8 Å². The first-order valence-electron chi connectivity index (χ1n) is 6.10. The van der Waals surface area contributed by atoms with Gasteiger partial charge in [-0.15, -0.1) is 11.3 Å². The molecule has 0 amide bonds. The number of aromatic nitrogens is 2. The molecule has 0 N–H and O–H groups in total. The Balaban J connectivity index is 1.99. The van der Waals surface area contributed by atoms with Crippen LogP contribution in [-0.2, 0) is 10.1 Å². The highest BCUT2D eigenvalue weighted by atomic mass is 79.9. The van der Waals surface area contributed by atoms with Crippen LogP contribution < -0.4 is 4.90 Å². The Labute approximate surface area is 119 Å². The molecule has 3 rings (SSSR count). The van der Waals surface area contributed by atoms with Crippen molar-refractivity contribution in [2.75, 3.05) is 18.0 Å². The van der Waals surface area contributed by atoms with Crippen LogP contribution in [0.3, 0.4) is 0 Å². The van der Waals surface area contributed by atoms with E-state index < -0.39 is 0 Å². The number of fused-ring (bicyclic) bond motifs is 1. The predicted octanol–water partition coefficient (Wildman–Crippen LogP) is 2.90. The Morgan fingerprint density at radius 3 is 2.83 bits per heavy atom. The van der Waals surface area contributed by atoms with Crippen LogP contribution in [0, 0.1) is 0 Å². The molecule has 2 aromatic rings. The molecule has 6 heteroatoms. The van der Waals surface area contributed by atoms with Crippen molar-refractivity contribution in [2.45, 2.75) is 31.4 Å². The van der Waals surface area contributed by atoms with Crippen LogP contribution in [0.1, 0.15) is 19.5 Å². The van der Waals surface area contributed by atoms with Gasteiger partial charge in [-0.25, -0.2) is 4.98 Å². The molecule has 0 spiro atoms. The smallest absolute Gasteiger partial charge is 0.195 e. The summed E-state index contributed by atoms with van der Waals surface area (Å²) in [6.45, 7) is 6.06. The minimum absolute atomic E-state index is 0.261. The molecule has 1 aliphatic heterocycles. The van der Waals surface area contributed by atoms with E-state index in [0.717, 1.165) is 29.2 Å². The van der Waals surface area contributed by atoms with Gasteiger partial charge in [0, 0.05) is 30.0 Å². The van der Waals surface area contributed by atoms with Crippen molar-refractivity contribution >= 4 is 38.0 Å². The van der Waals surface area contributed by atoms with E-state index in [1.54, 1.807) is 11.3 Å². The van der Waals surface area contributed by atoms with Gasteiger partial charge < -0.3 is 9.64 Å². The van der Waals surface area contributed by atoms with Crippen LogP contribution in [0.2, 0.25) is 0 Å². The molecule has 1 aliphatic rings. The number of hydrogen-bond donors (Lipinski definition) is 0. The van der Waals surface area contributed by atoms with Gasteiger partial charge in [-0.3, -0.25) is 4.40 Å². The maximum absolute atomic E-state index is 5.78. The van der Waals surface area contributed by atoms with E-state index in [1.165, 1.54) is 5.69 Å². The Morgan fingerprint density at radius 1 is 1.44 bits per heavy atom. The minimum atomic E-state index is 0.261. The molecule has 18 heavy (non-hydrogen) atoms. The van der Waals surface area contributed by atoms with Gasteiger partial charge in [0.1, 0.15) is 0 Å². The second-order valence-electron chi connectivity index (χ2n) is 4.73. The average Bonchev–Trinajstić information content (AvgIpc) is 2.86. The van der Waals surface area contributed by atoms with Crippen LogP contribution in [0.5, 0.6) is 0 Å². The number of alkyl halides is 1. The molecule has 0 saturated carbocycles. The summed E-state index contributed by atoms with van der Waals surface area (Å²) >= 11 is 5.25. The highest BCUT2D eigenvalue weighted by Gasteiger charge is 2.26. The van der Waals surface area contributed by atoms with Crippen LogP contribution in [0.15, 0.2) is 11.6 Å². The van der Waals surface area contributed by atoms with E-state index in [2.05, 4.69) is 50.7 Å². The zero-order chi connectivity index (χ0) is 12.7. The van der Waals surface area contributed by atoms with Crippen LogP contribution in [0.4, 0.5) is 5.82 Å². The monoisotopic (exact) mass is 329 g/mol. The van der Waals surface area contributed by atoms with Crippen molar-refractivity contribution in [1.82, 2.24) is 9.38 Å². The lowest BCUT2D eigenvalue weighted by Gasteiger charge is -2.35. The molecule has 0 aromatic carbocycles. The second-order valence-corrected chi connectivity index (χ2v) is 6.17. The Hall–Kier alpha value is -0.590. The second kappa shape index (κ2) is 4.83. The molecule has 1 saturated heterocycles. The van der Waals surface area contributed by atoms with E-state index in [4.69, 9.17) is 9.72 Å². The zero-order valence-electron chi connectivity index (χ0n) is 10.5. The van der Waals surface area contributed by atoms with Gasteiger partial charge in [0.05, 0.1) is 17.9 Å². The molecule has 98 valence electrons. The van der Waals surface area contributed by atoms with Crippen molar-refractivity contribution in [1.29, 1.82) is 0 Å². The van der Waals surface area contributed by atoms with Gasteiger partial charge in [0.25, 0.3) is 0 Å². The molecule has 2 atom stereocenters. The quantitative estimate of drug-likeness (QED) is 0.793. The third-order valence-electron chi connectivity index (χ3n) is 3.19. The van der Waals surface area contributed by atoms with Crippen molar-refractivity contribution in [3.63, 3.8) is 0 Å². The fourth-order valence-electron chi connectivity index (χ4n) is 2.55. The van der Waals surface area contributed by atoms with Crippen molar-refractivity contribution < 1.29 is 4.74 Å². The summed E-state index contributed by atoms with van der Waals surface area (Å²) in [5.74, 6) is 1.10. The largest absolute Gasteiger partial charge is 0.372 e. The van der Waals surface area contributed by atoms with Gasteiger partial charge in [-0.05, 0) is 13.8 Å². The van der Waals surface area contributed by atoms with Crippen LogP contribution in [-0.4, -0.2) is 34.7 Å². The third-order valence-corrected chi connectivity index (χ3v) is 4.47. The van der Waals surface area contributed by atoms with Crippen LogP contribution in [0.25, 0.3) is 4.96 Å². The maximum atomic E-state index is 5.78. The van der Waals surface area contributed by atoms with E-state index in [9.17, 15) is 0 Å². The van der Waals surface area contributed by atoms with E-state index in [1.807, 2.05) is 0 Å². The number of anilines is 1. The number of imidazole rings is 1. The summed E-state index contributed by atoms with van der Waals surface area (Å²) in [5, 5.41) is 2.89. The summed E-state index contributed by atoms with van der Waals surface area (Å²) in [6.07, 6.45) is 2.61. The molecule has 1 fully saturated rings. The highest BCUT2D eigenvalue weighted by molar-refractivity contribution is 9.08. The number of nitrogens with zero attached hydrogens (tertiary/aromatic N) is 3. The first-order valence-corrected chi connectivity index (χ1v) is 8.10. The van der Waals surface area contributed by atoms with Crippen molar-refractivity contribution in [3.05, 3.63) is 17.3 Å². The van der Waals surface area contributed by atoms with Gasteiger partial charge in [-0.1, -0.05) is 15.9 Å². The molecule has 3 heterocycles. The Bertz CT molecular complexity index is 543. The molecular weight excluding hydrogens is 314 g/mol. The first kappa shape index (κ1) is 12.4. The Kier molecular flexibility index (Phi) is 3.34. The highest BCUT2D eigenvalue weighted by Crippen LogP contribution is 2.28. The molecule has 2 aromatic heterocycles. The SMILES string of the molecule is CC1CN(c2nc3sccn3c2CBr)CC(C)O1. The lowest BCUT2D eigenvalue weighted by Crippen LogP contribution is -2.46. The summed E-state index contributed by atoms with van der Waals surface area (Å²) in [6, 6.07) is 0. The van der Waals surface area contributed by atoms with Gasteiger partial charge in [0.2, 0.25) is 0 Å². The third kappa shape index (κ3) is 2.06. The fourth-order valence-corrected chi connectivity index (χ4v) is 3.80. The standard InChI is InChI=1S/C12H16BrN3OS/c1-8-6-15(7-9(2)17-8)11-10(5-13)16-3-4-18-12(16)14-11/h3-4,8-9H,5-7H2,1-2H3. The van der Waals surface area contributed by atoms with Gasteiger partial charge >= 0.3 is 0 Å². The fraction of sp³-hybridized carbons (Fsp3) is 0.583. The summed E-state index contributed by atoms with van der Waals surface area (Å²) in [4.78, 5) is 8.16. The number of ether oxygens (including phenoxy) is 1.